The van der Waals surface area contributed by atoms with Gasteiger partial charge in [0, 0.05) is 18.2 Å². The van der Waals surface area contributed by atoms with E-state index in [2.05, 4.69) is 12.2 Å². The first-order valence-electron chi connectivity index (χ1n) is 12.9. The second-order valence-corrected chi connectivity index (χ2v) is 9.76. The lowest BCUT2D eigenvalue weighted by molar-refractivity contribution is -0.133. The number of rotatable bonds is 8. The van der Waals surface area contributed by atoms with E-state index in [-0.39, 0.29) is 17.9 Å². The summed E-state index contributed by atoms with van der Waals surface area (Å²) in [5.74, 6) is 0.524. The van der Waals surface area contributed by atoms with Gasteiger partial charge in [-0.05, 0) is 51.3 Å². The molecule has 0 unspecified atom stereocenters. The average molecular weight is 467 g/mol. The van der Waals surface area contributed by atoms with Crippen LogP contribution >= 0.6 is 0 Å². The SMILES string of the molecule is CCCCOc1ccccc1-c1cc2n(n1)C[C@@](C)(C(=O)NC1CCCCCC1)N(CC)C2=O. The highest BCUT2D eigenvalue weighted by Gasteiger charge is 2.47. The van der Waals surface area contributed by atoms with Gasteiger partial charge in [-0.1, -0.05) is 51.2 Å². The fourth-order valence-electron chi connectivity index (χ4n) is 5.16. The molecule has 0 bridgehead atoms. The van der Waals surface area contributed by atoms with Gasteiger partial charge in [0.1, 0.15) is 17.0 Å². The van der Waals surface area contributed by atoms with E-state index in [0.717, 1.165) is 49.8 Å². The Morgan fingerprint density at radius 1 is 1.18 bits per heavy atom. The number of carbonyl (C=O) groups excluding carboxylic acids is 2. The predicted molar refractivity (Wildman–Crippen MR) is 133 cm³/mol. The first kappa shape index (κ1) is 24.3. The molecule has 1 atom stereocenters. The molecule has 0 saturated heterocycles. The summed E-state index contributed by atoms with van der Waals surface area (Å²) in [5.41, 5.74) is 1.09. The van der Waals surface area contributed by atoms with Crippen molar-refractivity contribution in [2.75, 3.05) is 13.2 Å². The zero-order valence-electron chi connectivity index (χ0n) is 20.8. The number of nitrogens with one attached hydrogen (secondary N) is 1. The van der Waals surface area contributed by atoms with Crippen LogP contribution in [-0.4, -0.2) is 51.2 Å². The number of nitrogens with zero attached hydrogens (tertiary/aromatic N) is 3. The maximum absolute atomic E-state index is 13.5. The van der Waals surface area contributed by atoms with E-state index in [1.165, 1.54) is 12.8 Å². The van der Waals surface area contributed by atoms with Crippen molar-refractivity contribution < 1.29 is 14.3 Å². The van der Waals surface area contributed by atoms with Gasteiger partial charge in [-0.25, -0.2) is 0 Å². The number of ether oxygens (including phenoxy) is 1. The summed E-state index contributed by atoms with van der Waals surface area (Å²) in [6.45, 7) is 7.37. The summed E-state index contributed by atoms with van der Waals surface area (Å²) in [6.07, 6.45) is 8.80. The fraction of sp³-hybridized carbons (Fsp3) is 0.593. The zero-order chi connectivity index (χ0) is 24.1. The minimum atomic E-state index is -0.981. The molecule has 1 aliphatic carbocycles. The molecule has 1 aromatic carbocycles. The Labute approximate surface area is 202 Å². The monoisotopic (exact) mass is 466 g/mol. The van der Waals surface area contributed by atoms with Crippen LogP contribution in [0.25, 0.3) is 11.3 Å². The van der Waals surface area contributed by atoms with E-state index in [1.54, 1.807) is 9.58 Å². The average Bonchev–Trinajstić information content (AvgIpc) is 3.08. The van der Waals surface area contributed by atoms with Crippen LogP contribution in [0.4, 0.5) is 0 Å². The summed E-state index contributed by atoms with van der Waals surface area (Å²) in [6, 6.07) is 9.81. The first-order valence-corrected chi connectivity index (χ1v) is 12.9. The van der Waals surface area contributed by atoms with Crippen molar-refractivity contribution in [3.63, 3.8) is 0 Å². The van der Waals surface area contributed by atoms with E-state index in [4.69, 9.17) is 9.84 Å². The number of hydrogen-bond donors (Lipinski definition) is 1. The van der Waals surface area contributed by atoms with Crippen molar-refractivity contribution in [1.29, 1.82) is 0 Å². The molecule has 7 heteroatoms. The quantitative estimate of drug-likeness (QED) is 0.448. The molecule has 1 aromatic heterocycles. The van der Waals surface area contributed by atoms with Gasteiger partial charge in [0.15, 0.2) is 0 Å². The Morgan fingerprint density at radius 3 is 2.62 bits per heavy atom. The molecule has 7 nitrogen and oxygen atoms in total. The van der Waals surface area contributed by atoms with Gasteiger partial charge in [-0.2, -0.15) is 5.10 Å². The number of benzene rings is 1. The molecule has 2 aliphatic rings. The molecule has 1 N–H and O–H groups in total. The lowest BCUT2D eigenvalue weighted by atomic mass is 9.94. The normalized spacial score (nSPS) is 21.1. The summed E-state index contributed by atoms with van der Waals surface area (Å²) < 4.78 is 7.71. The van der Waals surface area contributed by atoms with Crippen LogP contribution in [0.5, 0.6) is 5.75 Å². The minimum absolute atomic E-state index is 0.0828. The number of hydrogen-bond acceptors (Lipinski definition) is 4. The molecule has 2 amide bonds. The van der Waals surface area contributed by atoms with Crippen molar-refractivity contribution in [2.45, 2.75) is 90.3 Å². The molecule has 34 heavy (non-hydrogen) atoms. The van der Waals surface area contributed by atoms with E-state index >= 15 is 0 Å². The van der Waals surface area contributed by atoms with Gasteiger partial charge in [0.2, 0.25) is 5.91 Å². The van der Waals surface area contributed by atoms with E-state index in [9.17, 15) is 9.59 Å². The number of likely N-dealkylation sites (N-methyl/N-ethyl adjacent to an activating group) is 1. The van der Waals surface area contributed by atoms with Crippen LogP contribution in [0.15, 0.2) is 30.3 Å². The molecular formula is C27H38N4O3. The number of amides is 2. The van der Waals surface area contributed by atoms with Crippen LogP contribution < -0.4 is 10.1 Å². The van der Waals surface area contributed by atoms with Crippen LogP contribution in [0.3, 0.4) is 0 Å². The Kier molecular flexibility index (Phi) is 7.59. The fourth-order valence-corrected chi connectivity index (χ4v) is 5.16. The summed E-state index contributed by atoms with van der Waals surface area (Å²) in [4.78, 5) is 28.7. The second-order valence-electron chi connectivity index (χ2n) is 9.76. The highest BCUT2D eigenvalue weighted by molar-refractivity contribution is 6.00. The lowest BCUT2D eigenvalue weighted by Crippen LogP contribution is -2.64. The second kappa shape index (κ2) is 10.6. The van der Waals surface area contributed by atoms with Crippen LogP contribution in [0.1, 0.15) is 82.6 Å². The molecule has 2 aromatic rings. The van der Waals surface area contributed by atoms with Crippen LogP contribution in [-0.2, 0) is 11.3 Å². The van der Waals surface area contributed by atoms with Crippen molar-refractivity contribution in [1.82, 2.24) is 20.0 Å². The highest BCUT2D eigenvalue weighted by atomic mass is 16.5. The van der Waals surface area contributed by atoms with Gasteiger partial charge in [-0.3, -0.25) is 14.3 Å². The van der Waals surface area contributed by atoms with E-state index in [0.29, 0.717) is 31.1 Å². The molecule has 2 heterocycles. The number of unbranched alkanes of at least 4 members (excludes halogenated alkanes) is 1. The predicted octanol–water partition coefficient (Wildman–Crippen LogP) is 4.80. The summed E-state index contributed by atoms with van der Waals surface area (Å²) in [7, 11) is 0. The van der Waals surface area contributed by atoms with Crippen molar-refractivity contribution in [2.24, 2.45) is 0 Å². The number of para-hydroxylation sites is 1. The molecule has 184 valence electrons. The van der Waals surface area contributed by atoms with Crippen LogP contribution in [0.2, 0.25) is 0 Å². The number of fused-ring (bicyclic) bond motifs is 1. The third kappa shape index (κ3) is 4.84. The standard InChI is InChI=1S/C27H38N4O3/c1-4-6-17-34-24-16-12-11-15-21(24)22-18-23-25(32)30(5-2)27(3,19-31(23)29-22)26(33)28-20-13-9-7-8-10-14-20/h11-12,15-16,18,20H,4-10,13-14,17,19H2,1-3H3,(H,28,33)/t27-/m0/s1. The van der Waals surface area contributed by atoms with Crippen molar-refractivity contribution in [3.05, 3.63) is 36.0 Å². The molecule has 0 spiro atoms. The topological polar surface area (TPSA) is 76.5 Å². The minimum Gasteiger partial charge on any atom is -0.493 e. The maximum Gasteiger partial charge on any atom is 0.273 e. The van der Waals surface area contributed by atoms with E-state index < -0.39 is 5.54 Å². The largest absolute Gasteiger partial charge is 0.493 e. The molecular weight excluding hydrogens is 428 g/mol. The van der Waals surface area contributed by atoms with Gasteiger partial charge < -0.3 is 15.0 Å². The van der Waals surface area contributed by atoms with Crippen molar-refractivity contribution in [3.8, 4) is 17.0 Å². The molecule has 0 radical (unpaired) electrons. The Morgan fingerprint density at radius 2 is 1.91 bits per heavy atom. The van der Waals surface area contributed by atoms with Gasteiger partial charge in [0.05, 0.1) is 18.8 Å². The molecule has 1 saturated carbocycles. The highest BCUT2D eigenvalue weighted by Crippen LogP contribution is 2.34. The van der Waals surface area contributed by atoms with Crippen molar-refractivity contribution >= 4 is 11.8 Å². The summed E-state index contributed by atoms with van der Waals surface area (Å²) >= 11 is 0. The van der Waals surface area contributed by atoms with Gasteiger partial charge in [-0.15, -0.1) is 0 Å². The first-order chi connectivity index (χ1) is 16.5. The van der Waals surface area contributed by atoms with Gasteiger partial charge >= 0.3 is 0 Å². The zero-order valence-corrected chi connectivity index (χ0v) is 20.8. The molecule has 1 fully saturated rings. The van der Waals surface area contributed by atoms with E-state index in [1.807, 2.05) is 44.2 Å². The Hall–Kier alpha value is -2.83. The Balaban J connectivity index is 1.61. The third-order valence-electron chi connectivity index (χ3n) is 7.21. The summed E-state index contributed by atoms with van der Waals surface area (Å²) in [5, 5.41) is 8.04. The van der Waals surface area contributed by atoms with Gasteiger partial charge in [0.25, 0.3) is 5.91 Å². The Bertz CT molecular complexity index is 1010. The lowest BCUT2D eigenvalue weighted by Gasteiger charge is -2.43. The number of carbonyl (C=O) groups is 2. The number of aromatic nitrogens is 2. The molecule has 1 aliphatic heterocycles. The van der Waals surface area contributed by atoms with Crippen LogP contribution in [0, 0.1) is 0 Å². The maximum atomic E-state index is 13.5. The third-order valence-corrected chi connectivity index (χ3v) is 7.21. The smallest absolute Gasteiger partial charge is 0.273 e. The molecule has 4 rings (SSSR count).